The molecule has 1 atom stereocenters. The van der Waals surface area contributed by atoms with E-state index in [1.54, 1.807) is 0 Å². The fourth-order valence-electron chi connectivity index (χ4n) is 1.76. The molecule has 0 amide bonds. The Morgan fingerprint density at radius 2 is 2.22 bits per heavy atom. The summed E-state index contributed by atoms with van der Waals surface area (Å²) >= 11 is 4.91. The van der Waals surface area contributed by atoms with Crippen molar-refractivity contribution >= 4 is 33.2 Å². The number of aromatic nitrogens is 1. The second-order valence-electron chi connectivity index (χ2n) is 4.00. The summed E-state index contributed by atoms with van der Waals surface area (Å²) in [6.45, 7) is 1.91. The highest BCUT2D eigenvalue weighted by Gasteiger charge is 2.23. The Morgan fingerprint density at radius 1 is 1.50 bits per heavy atom. The number of halogens is 1. The van der Waals surface area contributed by atoms with Crippen molar-refractivity contribution in [1.82, 2.24) is 4.98 Å². The topological polar surface area (TPSA) is 50.2 Å². The summed E-state index contributed by atoms with van der Waals surface area (Å²) in [4.78, 5) is 15.7. The third kappa shape index (κ3) is 2.97. The summed E-state index contributed by atoms with van der Waals surface area (Å²) in [5.41, 5.74) is 1.73. The van der Waals surface area contributed by atoms with E-state index in [1.165, 1.54) is 11.3 Å². The Hall–Kier alpha value is -1.20. The van der Waals surface area contributed by atoms with Gasteiger partial charge in [-0.3, -0.25) is 4.79 Å². The molecule has 0 bridgehead atoms. The molecule has 0 radical (unpaired) electrons. The first-order valence-electron chi connectivity index (χ1n) is 5.46. The van der Waals surface area contributed by atoms with Crippen LogP contribution < -0.4 is 0 Å². The maximum atomic E-state index is 11.4. The Morgan fingerprint density at radius 3 is 2.78 bits per heavy atom. The smallest absolute Gasteiger partial charge is 0.311 e. The molecule has 0 saturated carbocycles. The van der Waals surface area contributed by atoms with Gasteiger partial charge in [0.15, 0.2) is 0 Å². The van der Waals surface area contributed by atoms with Crippen molar-refractivity contribution in [3.8, 4) is 0 Å². The number of thiazole rings is 1. The Bertz CT molecular complexity index is 568. The third-order valence-electron chi connectivity index (χ3n) is 2.62. The molecule has 0 aliphatic carbocycles. The summed E-state index contributed by atoms with van der Waals surface area (Å²) in [5, 5.41) is 12.2. The van der Waals surface area contributed by atoms with Crippen LogP contribution >= 0.6 is 27.3 Å². The fraction of sp³-hybridized carbons (Fsp3) is 0.231. The van der Waals surface area contributed by atoms with E-state index in [1.807, 2.05) is 36.6 Å². The van der Waals surface area contributed by atoms with Crippen LogP contribution in [0.15, 0.2) is 34.1 Å². The minimum Gasteiger partial charge on any atom is -0.481 e. The number of benzene rings is 1. The lowest BCUT2D eigenvalue weighted by Gasteiger charge is -2.12. The van der Waals surface area contributed by atoms with Crippen molar-refractivity contribution in [2.24, 2.45) is 0 Å². The van der Waals surface area contributed by atoms with Gasteiger partial charge in [0.25, 0.3) is 0 Å². The lowest BCUT2D eigenvalue weighted by molar-refractivity contribution is -0.138. The molecule has 1 heterocycles. The second-order valence-corrected chi connectivity index (χ2v) is 5.80. The van der Waals surface area contributed by atoms with Gasteiger partial charge in [-0.15, -0.1) is 11.3 Å². The van der Waals surface area contributed by atoms with Gasteiger partial charge in [0.1, 0.15) is 0 Å². The predicted molar refractivity (Wildman–Crippen MR) is 75.1 cm³/mol. The van der Waals surface area contributed by atoms with Gasteiger partial charge in [0.2, 0.25) is 0 Å². The van der Waals surface area contributed by atoms with E-state index in [0.29, 0.717) is 6.42 Å². The van der Waals surface area contributed by atoms with E-state index in [2.05, 4.69) is 20.9 Å². The molecule has 1 unspecified atom stereocenters. The molecule has 2 rings (SSSR count). The molecule has 1 N–H and O–H groups in total. The van der Waals surface area contributed by atoms with Gasteiger partial charge in [-0.1, -0.05) is 34.1 Å². The van der Waals surface area contributed by atoms with Gasteiger partial charge in [0, 0.05) is 22.0 Å². The number of carboxylic acids is 1. The number of aliphatic carboxylic acids is 1. The molecule has 2 aromatic rings. The van der Waals surface area contributed by atoms with Crippen molar-refractivity contribution in [3.63, 3.8) is 0 Å². The van der Waals surface area contributed by atoms with Crippen LogP contribution in [-0.4, -0.2) is 16.1 Å². The van der Waals surface area contributed by atoms with Gasteiger partial charge in [-0.25, -0.2) is 4.98 Å². The third-order valence-corrected chi connectivity index (χ3v) is 4.34. The van der Waals surface area contributed by atoms with Crippen LogP contribution in [0.4, 0.5) is 0 Å². The molecule has 18 heavy (non-hydrogen) atoms. The normalized spacial score (nSPS) is 12.3. The van der Waals surface area contributed by atoms with Crippen LogP contribution in [-0.2, 0) is 11.2 Å². The SMILES string of the molecule is Cc1csc(CC(C(=O)O)c2ccccc2Br)n1. The molecule has 94 valence electrons. The molecular formula is C13H12BrNO2S. The maximum Gasteiger partial charge on any atom is 0.311 e. The predicted octanol–water partition coefficient (Wildman–Crippen LogP) is 3.62. The highest BCUT2D eigenvalue weighted by atomic mass is 79.9. The Kier molecular flexibility index (Phi) is 4.14. The van der Waals surface area contributed by atoms with Crippen molar-refractivity contribution in [2.75, 3.05) is 0 Å². The highest BCUT2D eigenvalue weighted by molar-refractivity contribution is 9.10. The number of carbonyl (C=O) groups is 1. The molecule has 0 aliphatic heterocycles. The van der Waals surface area contributed by atoms with Crippen molar-refractivity contribution in [3.05, 3.63) is 50.4 Å². The van der Waals surface area contributed by atoms with Crippen LogP contribution in [0.3, 0.4) is 0 Å². The van der Waals surface area contributed by atoms with Crippen molar-refractivity contribution < 1.29 is 9.90 Å². The number of aryl methyl sites for hydroxylation is 1. The zero-order chi connectivity index (χ0) is 13.1. The summed E-state index contributed by atoms with van der Waals surface area (Å²) in [6.07, 6.45) is 0.427. The minimum atomic E-state index is -0.824. The number of carboxylic acid groups (broad SMARTS) is 1. The van der Waals surface area contributed by atoms with E-state index >= 15 is 0 Å². The molecule has 0 spiro atoms. The largest absolute Gasteiger partial charge is 0.481 e. The van der Waals surface area contributed by atoms with Crippen molar-refractivity contribution in [1.29, 1.82) is 0 Å². The summed E-state index contributed by atoms with van der Waals surface area (Å²) < 4.78 is 0.825. The van der Waals surface area contributed by atoms with Gasteiger partial charge in [0.05, 0.1) is 10.9 Å². The van der Waals surface area contributed by atoms with Crippen LogP contribution in [0.5, 0.6) is 0 Å². The van der Waals surface area contributed by atoms with Crippen LogP contribution in [0.1, 0.15) is 22.2 Å². The van der Waals surface area contributed by atoms with Crippen molar-refractivity contribution in [2.45, 2.75) is 19.3 Å². The molecule has 0 saturated heterocycles. The van der Waals surface area contributed by atoms with E-state index in [-0.39, 0.29) is 0 Å². The number of hydrogen-bond donors (Lipinski definition) is 1. The molecule has 0 aliphatic rings. The molecule has 1 aromatic carbocycles. The number of nitrogens with zero attached hydrogens (tertiary/aromatic N) is 1. The Balaban J connectivity index is 2.30. The number of hydrogen-bond acceptors (Lipinski definition) is 3. The average molecular weight is 326 g/mol. The van der Waals surface area contributed by atoms with Crippen LogP contribution in [0.2, 0.25) is 0 Å². The van der Waals surface area contributed by atoms with Crippen LogP contribution in [0.25, 0.3) is 0 Å². The first-order valence-corrected chi connectivity index (χ1v) is 7.13. The maximum absolute atomic E-state index is 11.4. The first-order chi connectivity index (χ1) is 8.58. The van der Waals surface area contributed by atoms with Gasteiger partial charge in [-0.2, -0.15) is 0 Å². The zero-order valence-corrected chi connectivity index (χ0v) is 12.2. The lowest BCUT2D eigenvalue weighted by Crippen LogP contribution is -2.15. The number of rotatable bonds is 4. The lowest BCUT2D eigenvalue weighted by atomic mass is 9.96. The summed E-state index contributed by atoms with van der Waals surface area (Å²) in [5.74, 6) is -1.39. The highest BCUT2D eigenvalue weighted by Crippen LogP contribution is 2.28. The fourth-order valence-corrected chi connectivity index (χ4v) is 3.14. The quantitative estimate of drug-likeness (QED) is 0.933. The molecule has 5 heteroatoms. The molecule has 1 aromatic heterocycles. The van der Waals surface area contributed by atoms with E-state index in [0.717, 1.165) is 20.7 Å². The van der Waals surface area contributed by atoms with Gasteiger partial charge in [-0.05, 0) is 18.6 Å². The van der Waals surface area contributed by atoms with Gasteiger partial charge < -0.3 is 5.11 Å². The summed E-state index contributed by atoms with van der Waals surface area (Å²) in [7, 11) is 0. The summed E-state index contributed by atoms with van der Waals surface area (Å²) in [6, 6.07) is 7.42. The molecular weight excluding hydrogens is 314 g/mol. The average Bonchev–Trinajstić information content (AvgIpc) is 2.73. The first kappa shape index (κ1) is 13.2. The van der Waals surface area contributed by atoms with Crippen LogP contribution in [0, 0.1) is 6.92 Å². The molecule has 3 nitrogen and oxygen atoms in total. The molecule has 0 fully saturated rings. The van der Waals surface area contributed by atoms with Gasteiger partial charge >= 0.3 is 5.97 Å². The Labute approximate surface area is 118 Å². The second kappa shape index (κ2) is 5.63. The van der Waals surface area contributed by atoms with E-state index in [9.17, 15) is 9.90 Å². The monoisotopic (exact) mass is 325 g/mol. The van der Waals surface area contributed by atoms with E-state index < -0.39 is 11.9 Å². The minimum absolute atomic E-state index is 0.427. The standard InChI is InChI=1S/C13H12BrNO2S/c1-8-7-18-12(15-8)6-10(13(16)17)9-4-2-3-5-11(9)14/h2-5,7,10H,6H2,1H3,(H,16,17). The zero-order valence-electron chi connectivity index (χ0n) is 9.76. The van der Waals surface area contributed by atoms with E-state index in [4.69, 9.17) is 0 Å².